The summed E-state index contributed by atoms with van der Waals surface area (Å²) in [4.78, 5) is 16.7. The number of carbonyl (C=O) groups excluding carboxylic acids is 1. The first kappa shape index (κ1) is 24.0. The Hall–Kier alpha value is -2.03. The average molecular weight is 498 g/mol. The predicted molar refractivity (Wildman–Crippen MR) is 125 cm³/mol. The topological polar surface area (TPSA) is 78.7 Å². The molecule has 154 valence electrons. The van der Waals surface area contributed by atoms with Crippen LogP contribution in [0.1, 0.15) is 49.7 Å². The van der Waals surface area contributed by atoms with Gasteiger partial charge < -0.3 is 20.4 Å². The highest BCUT2D eigenvalue weighted by molar-refractivity contribution is 14.0. The number of guanidine groups is 1. The van der Waals surface area contributed by atoms with Crippen LogP contribution in [0.25, 0.3) is 0 Å². The second kappa shape index (κ2) is 13.2. The second-order valence-electron chi connectivity index (χ2n) is 6.79. The molecule has 1 amide bonds. The standard InChI is InChI=1S/C21H30N4O2.HI/c1-4-22-21(23-12-6-8-16(2)3)24-15-17-9-5-10-18(14-17)25-20(26)19-11-7-13-27-19;/h5,7,9-11,13-14,16H,4,6,8,12,15H2,1-3H3,(H,25,26)(H2,22,23,24);1H. The van der Waals surface area contributed by atoms with Crippen molar-refractivity contribution in [3.63, 3.8) is 0 Å². The van der Waals surface area contributed by atoms with Gasteiger partial charge in [-0.1, -0.05) is 26.0 Å². The molecule has 0 saturated carbocycles. The van der Waals surface area contributed by atoms with Gasteiger partial charge in [0.2, 0.25) is 0 Å². The van der Waals surface area contributed by atoms with Crippen LogP contribution in [0.4, 0.5) is 5.69 Å². The molecule has 0 aliphatic carbocycles. The first-order chi connectivity index (χ1) is 13.1. The predicted octanol–water partition coefficient (Wildman–Crippen LogP) is 4.64. The monoisotopic (exact) mass is 498 g/mol. The zero-order chi connectivity index (χ0) is 19.5. The molecule has 0 spiro atoms. The number of halogens is 1. The van der Waals surface area contributed by atoms with E-state index in [4.69, 9.17) is 4.42 Å². The molecule has 0 aliphatic rings. The molecule has 6 nitrogen and oxygen atoms in total. The van der Waals surface area contributed by atoms with Crippen LogP contribution in [0.3, 0.4) is 0 Å². The second-order valence-corrected chi connectivity index (χ2v) is 6.79. The molecule has 0 saturated heterocycles. The van der Waals surface area contributed by atoms with Crippen LogP contribution >= 0.6 is 24.0 Å². The summed E-state index contributed by atoms with van der Waals surface area (Å²) in [6, 6.07) is 11.0. The van der Waals surface area contributed by atoms with Crippen molar-refractivity contribution in [1.82, 2.24) is 10.6 Å². The van der Waals surface area contributed by atoms with E-state index in [2.05, 4.69) is 41.7 Å². The van der Waals surface area contributed by atoms with Gasteiger partial charge in [-0.05, 0) is 55.5 Å². The van der Waals surface area contributed by atoms with Gasteiger partial charge in [-0.25, -0.2) is 4.99 Å². The van der Waals surface area contributed by atoms with Crippen LogP contribution < -0.4 is 16.0 Å². The average Bonchev–Trinajstić information content (AvgIpc) is 3.18. The number of hydrogen-bond donors (Lipinski definition) is 3. The summed E-state index contributed by atoms with van der Waals surface area (Å²) in [5.41, 5.74) is 1.74. The Morgan fingerprint density at radius 3 is 2.68 bits per heavy atom. The third-order valence-electron chi connectivity index (χ3n) is 3.94. The van der Waals surface area contributed by atoms with Gasteiger partial charge in [0, 0.05) is 18.8 Å². The van der Waals surface area contributed by atoms with Gasteiger partial charge in [-0.15, -0.1) is 24.0 Å². The summed E-state index contributed by atoms with van der Waals surface area (Å²) in [6.45, 7) is 8.77. The number of benzene rings is 1. The lowest BCUT2D eigenvalue weighted by molar-refractivity contribution is 0.0996. The van der Waals surface area contributed by atoms with E-state index in [9.17, 15) is 4.79 Å². The van der Waals surface area contributed by atoms with Gasteiger partial charge in [0.15, 0.2) is 11.7 Å². The minimum atomic E-state index is -0.263. The minimum absolute atomic E-state index is 0. The molecule has 0 bridgehead atoms. The van der Waals surface area contributed by atoms with Crippen molar-refractivity contribution in [2.45, 2.75) is 40.2 Å². The first-order valence-corrected chi connectivity index (χ1v) is 9.54. The van der Waals surface area contributed by atoms with Crippen LogP contribution in [-0.4, -0.2) is 25.0 Å². The van der Waals surface area contributed by atoms with Crippen LogP contribution in [-0.2, 0) is 6.54 Å². The highest BCUT2D eigenvalue weighted by Gasteiger charge is 2.08. The minimum Gasteiger partial charge on any atom is -0.459 e. The number of carbonyl (C=O) groups is 1. The SMILES string of the molecule is CCNC(=NCc1cccc(NC(=O)c2ccco2)c1)NCCCC(C)C.I. The van der Waals surface area contributed by atoms with E-state index >= 15 is 0 Å². The fourth-order valence-corrected chi connectivity index (χ4v) is 2.58. The van der Waals surface area contributed by atoms with E-state index in [1.54, 1.807) is 12.1 Å². The van der Waals surface area contributed by atoms with Crippen molar-refractivity contribution in [1.29, 1.82) is 0 Å². The smallest absolute Gasteiger partial charge is 0.291 e. The number of nitrogens with one attached hydrogen (secondary N) is 3. The number of anilines is 1. The Labute approximate surface area is 184 Å². The molecule has 0 radical (unpaired) electrons. The van der Waals surface area contributed by atoms with Crippen LogP contribution in [0.5, 0.6) is 0 Å². The van der Waals surface area contributed by atoms with Crippen LogP contribution in [0, 0.1) is 5.92 Å². The highest BCUT2D eigenvalue weighted by Crippen LogP contribution is 2.13. The fraction of sp³-hybridized carbons (Fsp3) is 0.429. The molecule has 0 aliphatic heterocycles. The first-order valence-electron chi connectivity index (χ1n) is 9.54. The van der Waals surface area contributed by atoms with Crippen molar-refractivity contribution in [2.75, 3.05) is 18.4 Å². The Kier molecular flexibility index (Phi) is 11.3. The molecule has 2 aromatic rings. The lowest BCUT2D eigenvalue weighted by Gasteiger charge is -2.12. The molecule has 1 aromatic heterocycles. The lowest BCUT2D eigenvalue weighted by Crippen LogP contribution is -2.37. The van der Waals surface area contributed by atoms with E-state index in [0.717, 1.165) is 36.7 Å². The molecule has 1 heterocycles. The molecule has 7 heteroatoms. The molecular formula is C21H31IN4O2. The third-order valence-corrected chi connectivity index (χ3v) is 3.94. The van der Waals surface area contributed by atoms with Gasteiger partial charge in [-0.2, -0.15) is 0 Å². The largest absolute Gasteiger partial charge is 0.459 e. The summed E-state index contributed by atoms with van der Waals surface area (Å²) in [7, 11) is 0. The van der Waals surface area contributed by atoms with Crippen molar-refractivity contribution >= 4 is 41.5 Å². The van der Waals surface area contributed by atoms with E-state index in [0.29, 0.717) is 18.2 Å². The van der Waals surface area contributed by atoms with Crippen LogP contribution in [0.2, 0.25) is 0 Å². The van der Waals surface area contributed by atoms with Gasteiger partial charge in [0.1, 0.15) is 0 Å². The van der Waals surface area contributed by atoms with E-state index in [-0.39, 0.29) is 29.9 Å². The molecule has 2 rings (SSSR count). The number of hydrogen-bond acceptors (Lipinski definition) is 3. The summed E-state index contributed by atoms with van der Waals surface area (Å²) in [5, 5.41) is 9.47. The molecule has 0 atom stereocenters. The molecule has 1 aromatic carbocycles. The van der Waals surface area contributed by atoms with Crippen molar-refractivity contribution in [3.05, 3.63) is 54.0 Å². The zero-order valence-corrected chi connectivity index (χ0v) is 19.2. The summed E-state index contributed by atoms with van der Waals surface area (Å²) in [5.74, 6) is 1.55. The van der Waals surface area contributed by atoms with Crippen molar-refractivity contribution in [3.8, 4) is 0 Å². The van der Waals surface area contributed by atoms with Gasteiger partial charge in [-0.3, -0.25) is 4.79 Å². The third kappa shape index (κ3) is 8.77. The number of aliphatic imine (C=N–C) groups is 1. The molecule has 28 heavy (non-hydrogen) atoms. The highest BCUT2D eigenvalue weighted by atomic mass is 127. The Bertz CT molecular complexity index is 730. The Morgan fingerprint density at radius 1 is 1.18 bits per heavy atom. The van der Waals surface area contributed by atoms with E-state index < -0.39 is 0 Å². The Balaban J connectivity index is 0.00000392. The number of amides is 1. The molecule has 0 unspecified atom stereocenters. The van der Waals surface area contributed by atoms with E-state index in [1.165, 1.54) is 12.7 Å². The van der Waals surface area contributed by atoms with Crippen molar-refractivity contribution in [2.24, 2.45) is 10.9 Å². The molecular weight excluding hydrogens is 467 g/mol. The maximum Gasteiger partial charge on any atom is 0.291 e. The van der Waals surface area contributed by atoms with Crippen LogP contribution in [0.15, 0.2) is 52.1 Å². The number of rotatable bonds is 9. The summed E-state index contributed by atoms with van der Waals surface area (Å²) >= 11 is 0. The lowest BCUT2D eigenvalue weighted by atomic mass is 10.1. The normalized spacial score (nSPS) is 11.1. The number of nitrogens with zero attached hydrogens (tertiary/aromatic N) is 1. The van der Waals surface area contributed by atoms with Gasteiger partial charge >= 0.3 is 0 Å². The molecule has 0 fully saturated rings. The van der Waals surface area contributed by atoms with Gasteiger partial charge in [0.05, 0.1) is 12.8 Å². The van der Waals surface area contributed by atoms with Crippen molar-refractivity contribution < 1.29 is 9.21 Å². The maximum absolute atomic E-state index is 12.1. The summed E-state index contributed by atoms with van der Waals surface area (Å²) < 4.78 is 5.11. The van der Waals surface area contributed by atoms with E-state index in [1.807, 2.05) is 24.3 Å². The maximum atomic E-state index is 12.1. The zero-order valence-electron chi connectivity index (χ0n) is 16.8. The summed E-state index contributed by atoms with van der Waals surface area (Å²) in [6.07, 6.45) is 3.80. The Morgan fingerprint density at radius 2 is 2.00 bits per heavy atom. The fourth-order valence-electron chi connectivity index (χ4n) is 2.58. The quantitative estimate of drug-likeness (QED) is 0.204. The van der Waals surface area contributed by atoms with Gasteiger partial charge in [0.25, 0.3) is 5.91 Å². The number of furan rings is 1. The molecule has 3 N–H and O–H groups in total.